The summed E-state index contributed by atoms with van der Waals surface area (Å²) in [6, 6.07) is 11.8. The summed E-state index contributed by atoms with van der Waals surface area (Å²) in [5.74, 6) is 2.89. The van der Waals surface area contributed by atoms with Crippen molar-refractivity contribution in [2.24, 2.45) is 17.8 Å². The Balaban J connectivity index is 1.59. The minimum Gasteiger partial charge on any atom is -0.542 e. The zero-order valence-corrected chi connectivity index (χ0v) is 22.9. The number of carboxylic acid groups (broad SMARTS) is 1. The van der Waals surface area contributed by atoms with Crippen LogP contribution in [0.4, 0.5) is 0 Å². The quantitative estimate of drug-likeness (QED) is 0.332. The number of hydrogen-bond acceptors (Lipinski definition) is 2. The van der Waals surface area contributed by atoms with Crippen molar-refractivity contribution in [2.75, 3.05) is 0 Å². The number of carboxylic acids is 1. The molecule has 4 bridgehead atoms. The van der Waals surface area contributed by atoms with Gasteiger partial charge in [0.25, 0.3) is 9.04 Å². The largest absolute Gasteiger partial charge is 0.542 e. The molecule has 0 amide bonds. The minimum atomic E-state index is -0.958. The molecule has 6 rings (SSSR count). The van der Waals surface area contributed by atoms with Crippen LogP contribution in [0.1, 0.15) is 91.9 Å². The van der Waals surface area contributed by atoms with Crippen LogP contribution in [0.15, 0.2) is 36.4 Å². The Labute approximate surface area is 212 Å². The van der Waals surface area contributed by atoms with Gasteiger partial charge in [0.15, 0.2) is 0 Å². The summed E-state index contributed by atoms with van der Waals surface area (Å²) in [6.07, 6.45) is 12.6. The second-order valence-corrected chi connectivity index (χ2v) is 14.6. The fraction of sp³-hybridized carbons (Fsp3) is 0.516. The summed E-state index contributed by atoms with van der Waals surface area (Å²) in [4.78, 5) is 11.2. The highest BCUT2D eigenvalue weighted by Crippen LogP contribution is 2.62. The lowest BCUT2D eigenvalue weighted by Gasteiger charge is -2.58. The van der Waals surface area contributed by atoms with Gasteiger partial charge >= 0.3 is 5.97 Å². The summed E-state index contributed by atoms with van der Waals surface area (Å²) in [7, 11) is -0.958. The first-order chi connectivity index (χ1) is 16.5. The first-order valence-corrected chi connectivity index (χ1v) is 15.6. The van der Waals surface area contributed by atoms with Gasteiger partial charge in [-0.2, -0.15) is 0 Å². The minimum absolute atomic E-state index is 0.0156. The maximum absolute atomic E-state index is 11.2. The fourth-order valence-electron chi connectivity index (χ4n) is 7.59. The monoisotopic (exact) mass is 487 g/mol. The van der Waals surface area contributed by atoms with E-state index >= 15 is 0 Å². The molecule has 2 aromatic rings. The Morgan fingerprint density at radius 3 is 2.00 bits per heavy atom. The molecule has 3 nitrogen and oxygen atoms in total. The van der Waals surface area contributed by atoms with Crippen molar-refractivity contribution >= 4 is 27.2 Å². The van der Waals surface area contributed by atoms with Gasteiger partial charge in [-0.25, -0.2) is 4.79 Å². The van der Waals surface area contributed by atoms with Gasteiger partial charge in [-0.15, -0.1) is 0 Å². The van der Waals surface area contributed by atoms with E-state index in [1.165, 1.54) is 44.1 Å². The third-order valence-electron chi connectivity index (χ3n) is 8.47. The average molecular weight is 488 g/mol. The van der Waals surface area contributed by atoms with Crippen LogP contribution in [0.3, 0.4) is 0 Å². The normalized spacial score (nSPS) is 27.7. The molecule has 0 heterocycles. The Morgan fingerprint density at radius 1 is 0.943 bits per heavy atom. The standard InChI is InChI=1S/C31H39O3Si/c1-30(2,3)27-26(31-17-21-14-22(18-31)16-23(15-21)19-31)13-12-24(28(27)34-35(4)5)9-6-20-7-10-25(11-8-20)29(32)33/h6-13,21-23H,14-19H2,1-5H3,(H,32,33). The molecule has 1 radical (unpaired) electrons. The highest BCUT2D eigenvalue weighted by atomic mass is 28.3. The summed E-state index contributed by atoms with van der Waals surface area (Å²) >= 11 is 0. The van der Waals surface area contributed by atoms with Crippen LogP contribution >= 0.6 is 0 Å². The van der Waals surface area contributed by atoms with E-state index in [2.05, 4.69) is 58.2 Å². The fourth-order valence-corrected chi connectivity index (χ4v) is 8.22. The van der Waals surface area contributed by atoms with E-state index in [9.17, 15) is 9.90 Å². The molecular formula is C31H39O3Si. The summed E-state index contributed by atoms with van der Waals surface area (Å²) in [5, 5.41) is 9.19. The van der Waals surface area contributed by atoms with E-state index < -0.39 is 15.0 Å². The maximum atomic E-state index is 11.2. The molecule has 4 aliphatic rings. The number of aromatic carboxylic acids is 1. The Hall–Kier alpha value is -2.33. The SMILES string of the molecule is C[Si](C)Oc1c(C=Cc2ccc(C(=O)O)cc2)ccc(C23CC4CC(CC(C4)C2)C3)c1C(C)(C)C. The van der Waals surface area contributed by atoms with Crippen LogP contribution in [-0.2, 0) is 10.8 Å². The molecule has 0 atom stereocenters. The molecule has 2 aromatic carbocycles. The Kier molecular flexibility index (Phi) is 6.23. The topological polar surface area (TPSA) is 46.5 Å². The van der Waals surface area contributed by atoms with E-state index in [0.717, 1.165) is 34.6 Å². The smallest absolute Gasteiger partial charge is 0.335 e. The van der Waals surface area contributed by atoms with E-state index in [-0.39, 0.29) is 5.41 Å². The van der Waals surface area contributed by atoms with Gasteiger partial charge < -0.3 is 9.53 Å². The second-order valence-electron chi connectivity index (χ2n) is 12.6. The molecule has 0 aromatic heterocycles. The van der Waals surface area contributed by atoms with Crippen LogP contribution in [0.5, 0.6) is 5.75 Å². The molecule has 0 saturated heterocycles. The maximum Gasteiger partial charge on any atom is 0.335 e. The van der Waals surface area contributed by atoms with Crippen molar-refractivity contribution in [1.29, 1.82) is 0 Å². The van der Waals surface area contributed by atoms with E-state index in [1.54, 1.807) is 17.7 Å². The first-order valence-electron chi connectivity index (χ1n) is 13.2. The third-order valence-corrected chi connectivity index (χ3v) is 9.08. The van der Waals surface area contributed by atoms with Gasteiger partial charge in [-0.3, -0.25) is 0 Å². The Morgan fingerprint density at radius 2 is 1.51 bits per heavy atom. The lowest BCUT2D eigenvalue weighted by Crippen LogP contribution is -2.49. The lowest BCUT2D eigenvalue weighted by atomic mass is 9.47. The van der Waals surface area contributed by atoms with Gasteiger partial charge in [-0.1, -0.05) is 57.2 Å². The number of hydrogen-bond donors (Lipinski definition) is 1. The molecule has 1 N–H and O–H groups in total. The van der Waals surface area contributed by atoms with Gasteiger partial charge in [0.2, 0.25) is 0 Å². The third kappa shape index (κ3) is 4.74. The number of benzene rings is 2. The molecule has 4 aliphatic carbocycles. The van der Waals surface area contributed by atoms with Crippen molar-refractivity contribution in [3.8, 4) is 5.75 Å². The molecule has 185 valence electrons. The van der Waals surface area contributed by atoms with E-state index in [1.807, 2.05) is 12.1 Å². The molecule has 4 fully saturated rings. The molecule has 4 heteroatoms. The lowest BCUT2D eigenvalue weighted by molar-refractivity contribution is -0.00601. The highest BCUT2D eigenvalue weighted by molar-refractivity contribution is 6.49. The average Bonchev–Trinajstić information content (AvgIpc) is 2.76. The molecule has 0 unspecified atom stereocenters. The Bertz CT molecular complexity index is 1100. The zero-order chi connectivity index (χ0) is 25.0. The molecule has 35 heavy (non-hydrogen) atoms. The van der Waals surface area contributed by atoms with Crippen LogP contribution in [0.25, 0.3) is 12.2 Å². The van der Waals surface area contributed by atoms with Gasteiger partial charge in [0.1, 0.15) is 5.75 Å². The van der Waals surface area contributed by atoms with Gasteiger partial charge in [0.05, 0.1) is 5.56 Å². The van der Waals surface area contributed by atoms with Gasteiger partial charge in [0, 0.05) is 11.1 Å². The summed E-state index contributed by atoms with van der Waals surface area (Å²) in [5.41, 5.74) is 5.69. The number of carbonyl (C=O) groups is 1. The number of rotatable bonds is 6. The predicted octanol–water partition coefficient (Wildman–Crippen LogP) is 7.95. The predicted molar refractivity (Wildman–Crippen MR) is 145 cm³/mol. The molecular weight excluding hydrogens is 448 g/mol. The van der Waals surface area contributed by atoms with Crippen molar-refractivity contribution in [3.63, 3.8) is 0 Å². The van der Waals surface area contributed by atoms with Crippen LogP contribution in [-0.4, -0.2) is 20.1 Å². The molecule has 4 saturated carbocycles. The molecule has 0 spiro atoms. The zero-order valence-electron chi connectivity index (χ0n) is 21.9. The van der Waals surface area contributed by atoms with E-state index in [4.69, 9.17) is 4.43 Å². The van der Waals surface area contributed by atoms with Crippen LogP contribution in [0.2, 0.25) is 13.1 Å². The van der Waals surface area contributed by atoms with Gasteiger partial charge in [-0.05, 0) is 103 Å². The first kappa shape index (κ1) is 24.4. The highest BCUT2D eigenvalue weighted by Gasteiger charge is 2.53. The summed E-state index contributed by atoms with van der Waals surface area (Å²) < 4.78 is 6.72. The van der Waals surface area contributed by atoms with E-state index in [0.29, 0.717) is 11.0 Å². The van der Waals surface area contributed by atoms with Crippen molar-refractivity contribution in [3.05, 3.63) is 64.2 Å². The summed E-state index contributed by atoms with van der Waals surface area (Å²) in [6.45, 7) is 11.5. The van der Waals surface area contributed by atoms with Crippen LogP contribution < -0.4 is 4.43 Å². The van der Waals surface area contributed by atoms with Crippen molar-refractivity contribution in [1.82, 2.24) is 0 Å². The van der Waals surface area contributed by atoms with Crippen molar-refractivity contribution in [2.45, 2.75) is 83.2 Å². The van der Waals surface area contributed by atoms with Crippen LogP contribution in [0, 0.1) is 17.8 Å². The molecule has 0 aliphatic heterocycles. The van der Waals surface area contributed by atoms with Crippen molar-refractivity contribution < 1.29 is 14.3 Å². The second kappa shape index (κ2) is 8.96.